The summed E-state index contributed by atoms with van der Waals surface area (Å²) < 4.78 is 35.9. The van der Waals surface area contributed by atoms with Gasteiger partial charge in [-0.2, -0.15) is 0 Å². The Morgan fingerprint density at radius 3 is 2.47 bits per heavy atom. The zero-order valence-corrected chi connectivity index (χ0v) is 8.62. The Hall–Kier alpha value is -1.26. The predicted molar refractivity (Wildman–Crippen MR) is 56.4 cm³/mol. The second-order valence-corrected chi connectivity index (χ2v) is 3.69. The van der Waals surface area contributed by atoms with E-state index in [0.29, 0.717) is 5.56 Å². The highest BCUT2D eigenvalue weighted by Crippen LogP contribution is 2.16. The maximum atomic E-state index is 12.0. The molecule has 0 atom stereocenters. The van der Waals surface area contributed by atoms with E-state index in [4.69, 9.17) is 0 Å². The van der Waals surface area contributed by atoms with E-state index in [1.54, 1.807) is 12.3 Å². The minimum Gasteiger partial charge on any atom is -0.445 e. The lowest BCUT2D eigenvalue weighted by Crippen LogP contribution is -2.09. The highest BCUT2D eigenvalue weighted by atomic mass is 19.4. The van der Waals surface area contributed by atoms with Gasteiger partial charge in [0.25, 0.3) is 0 Å². The lowest BCUT2D eigenvalue weighted by atomic mass is 9.90. The molecule has 0 unspecified atom stereocenters. The fourth-order valence-corrected chi connectivity index (χ4v) is 1.10. The lowest BCUT2D eigenvalue weighted by molar-refractivity contribution is 0.499. The van der Waals surface area contributed by atoms with Gasteiger partial charge in [0.15, 0.2) is 0 Å². The molecule has 0 N–H and O–H groups in total. The molecule has 0 aromatic carbocycles. The SMILES string of the molecule is CC(C)c1cncc(/C=C/[B-](F)(F)F)c1. The van der Waals surface area contributed by atoms with Crippen LogP contribution in [0.2, 0.25) is 0 Å². The zero-order chi connectivity index (χ0) is 11.5. The number of hydrogen-bond acceptors (Lipinski definition) is 1. The first-order valence-electron chi connectivity index (χ1n) is 4.72. The van der Waals surface area contributed by atoms with E-state index in [1.165, 1.54) is 6.20 Å². The second kappa shape index (κ2) is 4.51. The molecular weight excluding hydrogens is 202 g/mol. The Kier molecular flexibility index (Phi) is 3.55. The van der Waals surface area contributed by atoms with E-state index in [0.717, 1.165) is 11.6 Å². The van der Waals surface area contributed by atoms with E-state index in [-0.39, 0.29) is 11.9 Å². The van der Waals surface area contributed by atoms with E-state index in [9.17, 15) is 12.9 Å². The molecule has 0 radical (unpaired) electrons. The third-order valence-electron chi connectivity index (χ3n) is 1.95. The third-order valence-corrected chi connectivity index (χ3v) is 1.95. The van der Waals surface area contributed by atoms with Gasteiger partial charge >= 0.3 is 6.98 Å². The average molecular weight is 214 g/mol. The summed E-state index contributed by atoms with van der Waals surface area (Å²) in [6, 6.07) is 1.72. The highest BCUT2D eigenvalue weighted by molar-refractivity contribution is 6.64. The molecule has 0 aliphatic carbocycles. The highest BCUT2D eigenvalue weighted by Gasteiger charge is 2.16. The van der Waals surface area contributed by atoms with Crippen LogP contribution in [0.25, 0.3) is 6.08 Å². The molecule has 0 aliphatic heterocycles. The maximum absolute atomic E-state index is 12.0. The summed E-state index contributed by atoms with van der Waals surface area (Å²) in [5.41, 5.74) is 1.42. The van der Waals surface area contributed by atoms with Crippen molar-refractivity contribution in [3.8, 4) is 0 Å². The molecule has 0 fully saturated rings. The molecule has 1 rings (SSSR count). The van der Waals surface area contributed by atoms with Crippen molar-refractivity contribution in [2.75, 3.05) is 0 Å². The number of nitrogens with zero attached hydrogens (tertiary/aromatic N) is 1. The Morgan fingerprint density at radius 1 is 1.27 bits per heavy atom. The van der Waals surface area contributed by atoms with E-state index < -0.39 is 6.98 Å². The first kappa shape index (κ1) is 11.8. The minimum absolute atomic E-state index is 0.266. The molecule has 1 heterocycles. The number of hydrogen-bond donors (Lipinski definition) is 0. The monoisotopic (exact) mass is 214 g/mol. The van der Waals surface area contributed by atoms with E-state index >= 15 is 0 Å². The van der Waals surface area contributed by atoms with Gasteiger partial charge in [-0.25, -0.2) is 0 Å². The summed E-state index contributed by atoms with van der Waals surface area (Å²) in [5.74, 6) is 0.545. The summed E-state index contributed by atoms with van der Waals surface area (Å²) in [6.07, 6.45) is 4.14. The summed E-state index contributed by atoms with van der Waals surface area (Å²) in [7, 11) is 0. The molecule has 0 amide bonds. The van der Waals surface area contributed by atoms with Crippen LogP contribution in [-0.4, -0.2) is 12.0 Å². The van der Waals surface area contributed by atoms with Crippen LogP contribution in [0.5, 0.6) is 0 Å². The van der Waals surface area contributed by atoms with Gasteiger partial charge in [0.05, 0.1) is 0 Å². The van der Waals surface area contributed by atoms with Crippen LogP contribution in [0.4, 0.5) is 12.9 Å². The van der Waals surface area contributed by atoms with Crippen LogP contribution in [-0.2, 0) is 0 Å². The smallest absolute Gasteiger partial charge is 0.445 e. The standard InChI is InChI=1S/C10H12BF3N/c1-8(2)10-5-9(6-15-7-10)3-4-11(12,13)14/h3-8H,1-2H3/q-1/b4-3+. The largest absolute Gasteiger partial charge is 0.502 e. The van der Waals surface area contributed by atoms with Gasteiger partial charge in [-0.15, -0.1) is 5.98 Å². The van der Waals surface area contributed by atoms with Crippen LogP contribution in [0.1, 0.15) is 30.9 Å². The average Bonchev–Trinajstić information content (AvgIpc) is 2.14. The van der Waals surface area contributed by atoms with Gasteiger partial charge in [0.1, 0.15) is 0 Å². The Bertz CT molecular complexity index is 358. The third kappa shape index (κ3) is 4.19. The van der Waals surface area contributed by atoms with Gasteiger partial charge in [-0.05, 0) is 23.1 Å². The molecule has 0 saturated carbocycles. The van der Waals surface area contributed by atoms with Crippen molar-refractivity contribution in [2.24, 2.45) is 0 Å². The van der Waals surface area contributed by atoms with Crippen molar-refractivity contribution < 1.29 is 12.9 Å². The fraction of sp³-hybridized carbons (Fsp3) is 0.300. The lowest BCUT2D eigenvalue weighted by Gasteiger charge is -2.07. The van der Waals surface area contributed by atoms with E-state index in [1.807, 2.05) is 13.8 Å². The first-order valence-corrected chi connectivity index (χ1v) is 4.72. The Balaban J connectivity index is 2.87. The van der Waals surface area contributed by atoms with Crippen LogP contribution < -0.4 is 0 Å². The van der Waals surface area contributed by atoms with E-state index in [2.05, 4.69) is 4.98 Å². The quantitative estimate of drug-likeness (QED) is 0.700. The number of pyridine rings is 1. The molecular formula is C10H12BF3N-. The fourth-order valence-electron chi connectivity index (χ4n) is 1.10. The molecule has 5 heteroatoms. The van der Waals surface area contributed by atoms with Crippen LogP contribution in [0.15, 0.2) is 24.4 Å². The van der Waals surface area contributed by atoms with Crippen molar-refractivity contribution in [2.45, 2.75) is 19.8 Å². The van der Waals surface area contributed by atoms with Crippen molar-refractivity contribution in [1.29, 1.82) is 0 Å². The minimum atomic E-state index is -4.87. The number of aromatic nitrogens is 1. The Labute approximate surface area is 87.1 Å². The van der Waals surface area contributed by atoms with Crippen LogP contribution in [0, 0.1) is 0 Å². The summed E-state index contributed by atoms with van der Waals surface area (Å²) in [5, 5.41) is 0. The molecule has 15 heavy (non-hydrogen) atoms. The summed E-state index contributed by atoms with van der Waals surface area (Å²) in [6.45, 7) is -0.924. The van der Waals surface area contributed by atoms with Crippen molar-refractivity contribution in [3.05, 3.63) is 35.6 Å². The Morgan fingerprint density at radius 2 is 1.93 bits per heavy atom. The zero-order valence-electron chi connectivity index (χ0n) is 8.62. The maximum Gasteiger partial charge on any atom is 0.502 e. The molecule has 1 aromatic heterocycles. The van der Waals surface area contributed by atoms with Crippen molar-refractivity contribution in [3.63, 3.8) is 0 Å². The van der Waals surface area contributed by atoms with Gasteiger partial charge < -0.3 is 12.9 Å². The molecule has 82 valence electrons. The molecule has 1 aromatic rings. The van der Waals surface area contributed by atoms with Crippen molar-refractivity contribution in [1.82, 2.24) is 4.98 Å². The van der Waals surface area contributed by atoms with Gasteiger partial charge in [-0.3, -0.25) is 4.98 Å². The van der Waals surface area contributed by atoms with Crippen LogP contribution >= 0.6 is 0 Å². The van der Waals surface area contributed by atoms with Crippen LogP contribution in [0.3, 0.4) is 0 Å². The van der Waals surface area contributed by atoms with Gasteiger partial charge in [-0.1, -0.05) is 19.9 Å². The summed E-state index contributed by atoms with van der Waals surface area (Å²) >= 11 is 0. The molecule has 0 bridgehead atoms. The second-order valence-electron chi connectivity index (χ2n) is 3.69. The molecule has 0 aliphatic rings. The van der Waals surface area contributed by atoms with Crippen molar-refractivity contribution >= 4 is 13.1 Å². The number of rotatable bonds is 3. The molecule has 1 nitrogen and oxygen atoms in total. The van der Waals surface area contributed by atoms with Gasteiger partial charge in [0, 0.05) is 12.4 Å². The number of halogens is 3. The topological polar surface area (TPSA) is 12.9 Å². The van der Waals surface area contributed by atoms with Gasteiger partial charge in [0.2, 0.25) is 0 Å². The molecule has 0 saturated heterocycles. The predicted octanol–water partition coefficient (Wildman–Crippen LogP) is 3.60. The summed E-state index contributed by atoms with van der Waals surface area (Å²) in [4.78, 5) is 3.89. The molecule has 0 spiro atoms. The first-order chi connectivity index (χ1) is 6.88. The normalized spacial score (nSPS) is 12.7.